The maximum absolute atomic E-state index is 14.2. The minimum atomic E-state index is -1.85. The van der Waals surface area contributed by atoms with Crippen LogP contribution in [-0.2, 0) is 9.53 Å². The number of hydrogen-bond donors (Lipinski definition) is 1. The molecule has 0 spiro atoms. The highest BCUT2D eigenvalue weighted by Crippen LogP contribution is 2.35. The third-order valence-electron chi connectivity index (χ3n) is 6.34. The van der Waals surface area contributed by atoms with Crippen LogP contribution in [0.1, 0.15) is 57.4 Å². The van der Waals surface area contributed by atoms with Crippen LogP contribution in [0, 0.1) is 11.7 Å². The van der Waals surface area contributed by atoms with Crippen molar-refractivity contribution in [1.29, 1.82) is 0 Å². The van der Waals surface area contributed by atoms with Crippen LogP contribution in [0.5, 0.6) is 0 Å². The summed E-state index contributed by atoms with van der Waals surface area (Å²) in [5.41, 5.74) is -0.770. The molecule has 2 atom stereocenters. The van der Waals surface area contributed by atoms with Gasteiger partial charge in [-0.25, -0.2) is 8.78 Å². The quantitative estimate of drug-likeness (QED) is 0.624. The zero-order valence-corrected chi connectivity index (χ0v) is 19.0. The van der Waals surface area contributed by atoms with E-state index in [0.717, 1.165) is 37.7 Å². The van der Waals surface area contributed by atoms with Crippen LogP contribution < -0.4 is 4.72 Å². The number of hydrogen-bond acceptors (Lipinski definition) is 4. The topological polar surface area (TPSA) is 41.6 Å². The number of piperidine rings is 1. The van der Waals surface area contributed by atoms with E-state index in [0.29, 0.717) is 25.6 Å². The lowest BCUT2D eigenvalue weighted by Gasteiger charge is -2.40. The molecule has 0 radical (unpaired) electrons. The molecule has 1 amide bonds. The third kappa shape index (κ3) is 6.17. The van der Waals surface area contributed by atoms with Crippen molar-refractivity contribution in [3.8, 4) is 0 Å². The Balaban J connectivity index is 1.52. The molecule has 7 heteroatoms. The lowest BCUT2D eigenvalue weighted by Crippen LogP contribution is -2.54. The Morgan fingerprint density at radius 2 is 2.00 bits per heavy atom. The van der Waals surface area contributed by atoms with Crippen LogP contribution in [0.25, 0.3) is 0 Å². The average molecular weight is 441 g/mol. The summed E-state index contributed by atoms with van der Waals surface area (Å²) in [6.45, 7) is 4.29. The molecule has 2 fully saturated rings. The monoisotopic (exact) mass is 440 g/mol. The molecule has 3 rings (SSSR count). The zero-order valence-electron chi connectivity index (χ0n) is 18.2. The Bertz CT molecular complexity index is 705. The Labute approximate surface area is 183 Å². The highest BCUT2D eigenvalue weighted by atomic mass is 32.2. The standard InChI is InChI=1S/C23H34F2N2O2S/c1-23(2,25)22(28)27-12-11-21(26-30-3)18(14-27)15-29-20-9-7-16(8-10-20)17-5-4-6-19(24)13-17/h4-6,13,16,18,20-21,26H,7-12,14-15H2,1-3H3. The number of alkyl halides is 1. The summed E-state index contributed by atoms with van der Waals surface area (Å²) in [5.74, 6) is -0.0868. The van der Waals surface area contributed by atoms with Crippen molar-refractivity contribution >= 4 is 17.9 Å². The van der Waals surface area contributed by atoms with Crippen molar-refractivity contribution in [3.05, 3.63) is 35.6 Å². The lowest BCUT2D eigenvalue weighted by molar-refractivity contribution is -0.144. The molecule has 1 saturated heterocycles. The SMILES string of the molecule is CSNC1CCN(C(=O)C(C)(C)F)CC1COC1CCC(c2cccc(F)c2)CC1. The summed E-state index contributed by atoms with van der Waals surface area (Å²) < 4.78 is 37.3. The molecular weight excluding hydrogens is 406 g/mol. The minimum absolute atomic E-state index is 0.137. The number of carbonyl (C=O) groups excluding carboxylic acids is 1. The maximum Gasteiger partial charge on any atom is 0.259 e. The first kappa shape index (κ1) is 23.5. The van der Waals surface area contributed by atoms with E-state index >= 15 is 0 Å². The second kappa shape index (κ2) is 10.4. The van der Waals surface area contributed by atoms with Gasteiger partial charge in [-0.2, -0.15) is 0 Å². The van der Waals surface area contributed by atoms with E-state index < -0.39 is 11.6 Å². The van der Waals surface area contributed by atoms with E-state index in [-0.39, 0.29) is 23.9 Å². The van der Waals surface area contributed by atoms with Gasteiger partial charge >= 0.3 is 0 Å². The van der Waals surface area contributed by atoms with Crippen molar-refractivity contribution in [1.82, 2.24) is 9.62 Å². The number of ether oxygens (including phenoxy) is 1. The summed E-state index contributed by atoms with van der Waals surface area (Å²) in [4.78, 5) is 14.0. The molecule has 1 aromatic rings. The number of nitrogens with zero attached hydrogens (tertiary/aromatic N) is 1. The van der Waals surface area contributed by atoms with Crippen LogP contribution in [0.4, 0.5) is 8.78 Å². The van der Waals surface area contributed by atoms with E-state index in [2.05, 4.69) is 4.72 Å². The fraction of sp³-hybridized carbons (Fsp3) is 0.696. The van der Waals surface area contributed by atoms with Gasteiger partial charge in [-0.05, 0) is 75.8 Å². The summed E-state index contributed by atoms with van der Waals surface area (Å²) >= 11 is 1.57. The van der Waals surface area contributed by atoms with Gasteiger partial charge in [0.05, 0.1) is 12.7 Å². The van der Waals surface area contributed by atoms with Crippen LogP contribution in [0.2, 0.25) is 0 Å². The summed E-state index contributed by atoms with van der Waals surface area (Å²) in [7, 11) is 0. The smallest absolute Gasteiger partial charge is 0.259 e. The van der Waals surface area contributed by atoms with Crippen LogP contribution in [0.15, 0.2) is 24.3 Å². The summed E-state index contributed by atoms with van der Waals surface area (Å²) in [6.07, 6.45) is 6.87. The lowest BCUT2D eigenvalue weighted by atomic mass is 9.82. The van der Waals surface area contributed by atoms with Gasteiger partial charge in [0.15, 0.2) is 5.67 Å². The van der Waals surface area contributed by atoms with E-state index in [1.165, 1.54) is 19.9 Å². The molecule has 1 aliphatic heterocycles. The Hall–Kier alpha value is -1.18. The third-order valence-corrected chi connectivity index (χ3v) is 6.88. The number of carbonyl (C=O) groups is 1. The molecule has 1 saturated carbocycles. The fourth-order valence-corrected chi connectivity index (χ4v) is 5.26. The van der Waals surface area contributed by atoms with E-state index in [9.17, 15) is 13.6 Å². The number of rotatable bonds is 7. The number of benzene rings is 1. The largest absolute Gasteiger partial charge is 0.378 e. The number of nitrogens with one attached hydrogen (secondary N) is 1. The highest BCUT2D eigenvalue weighted by molar-refractivity contribution is 7.96. The van der Waals surface area contributed by atoms with Gasteiger partial charge < -0.3 is 9.64 Å². The molecule has 2 unspecified atom stereocenters. The van der Waals surface area contributed by atoms with Crippen LogP contribution in [-0.4, -0.2) is 54.6 Å². The molecule has 1 aromatic carbocycles. The normalized spacial score (nSPS) is 27.8. The first-order chi connectivity index (χ1) is 14.3. The van der Waals surface area contributed by atoms with Gasteiger partial charge in [-0.1, -0.05) is 24.1 Å². The molecule has 0 aromatic heterocycles. The second-order valence-corrected chi connectivity index (χ2v) is 9.71. The molecule has 0 bridgehead atoms. The molecule has 1 heterocycles. The first-order valence-corrected chi connectivity index (χ1v) is 12.1. The fourth-order valence-electron chi connectivity index (χ4n) is 4.65. The number of halogens is 2. The predicted octanol–water partition coefficient (Wildman–Crippen LogP) is 4.70. The van der Waals surface area contributed by atoms with Crippen molar-refractivity contribution in [3.63, 3.8) is 0 Å². The second-order valence-electron chi connectivity index (χ2n) is 9.06. The van der Waals surface area contributed by atoms with E-state index in [1.807, 2.05) is 12.3 Å². The number of amides is 1. The van der Waals surface area contributed by atoms with Crippen molar-refractivity contribution in [2.24, 2.45) is 5.92 Å². The van der Waals surface area contributed by atoms with Gasteiger partial charge in [-0.15, -0.1) is 0 Å². The van der Waals surface area contributed by atoms with Gasteiger partial charge in [-0.3, -0.25) is 9.52 Å². The first-order valence-electron chi connectivity index (χ1n) is 10.9. The van der Waals surface area contributed by atoms with Gasteiger partial charge in [0, 0.05) is 25.0 Å². The predicted molar refractivity (Wildman–Crippen MR) is 118 cm³/mol. The summed E-state index contributed by atoms with van der Waals surface area (Å²) in [6, 6.07) is 7.16. The van der Waals surface area contributed by atoms with Crippen LogP contribution in [0.3, 0.4) is 0 Å². The van der Waals surface area contributed by atoms with Crippen molar-refractivity contribution in [2.45, 2.75) is 69.7 Å². The number of likely N-dealkylation sites (tertiary alicyclic amines) is 1. The maximum atomic E-state index is 14.2. The molecule has 2 aliphatic rings. The summed E-state index contributed by atoms with van der Waals surface area (Å²) in [5, 5.41) is 0. The Morgan fingerprint density at radius 1 is 1.27 bits per heavy atom. The van der Waals surface area contributed by atoms with Gasteiger partial charge in [0.2, 0.25) is 0 Å². The Morgan fingerprint density at radius 3 is 2.63 bits per heavy atom. The van der Waals surface area contributed by atoms with E-state index in [1.54, 1.807) is 29.0 Å². The molecule has 1 aliphatic carbocycles. The zero-order chi connectivity index (χ0) is 21.7. The van der Waals surface area contributed by atoms with Gasteiger partial charge in [0.1, 0.15) is 5.82 Å². The molecule has 1 N–H and O–H groups in total. The van der Waals surface area contributed by atoms with Crippen molar-refractivity contribution in [2.75, 3.05) is 26.0 Å². The molecule has 168 valence electrons. The highest BCUT2D eigenvalue weighted by Gasteiger charge is 2.38. The molecule has 30 heavy (non-hydrogen) atoms. The van der Waals surface area contributed by atoms with E-state index in [4.69, 9.17) is 4.74 Å². The van der Waals surface area contributed by atoms with Gasteiger partial charge in [0.25, 0.3) is 5.91 Å². The van der Waals surface area contributed by atoms with Crippen LogP contribution >= 0.6 is 11.9 Å². The Kier molecular flexibility index (Phi) is 8.16. The molecule has 4 nitrogen and oxygen atoms in total. The van der Waals surface area contributed by atoms with Crippen molar-refractivity contribution < 1.29 is 18.3 Å². The molecular formula is C23H34F2N2O2S. The average Bonchev–Trinajstić information content (AvgIpc) is 2.72. The minimum Gasteiger partial charge on any atom is -0.378 e.